The van der Waals surface area contributed by atoms with Crippen LogP contribution in [0.25, 0.3) is 0 Å². The molecular weight excluding hydrogens is 334 g/mol. The van der Waals surface area contributed by atoms with Crippen molar-refractivity contribution in [2.24, 2.45) is 5.41 Å². The number of nitrogens with zero attached hydrogens (tertiary/aromatic N) is 3. The lowest BCUT2D eigenvalue weighted by Crippen LogP contribution is -2.38. The van der Waals surface area contributed by atoms with E-state index in [4.69, 9.17) is 4.74 Å². The number of alkyl halides is 1. The standard InChI is InChI=1S/C15H22BrN3O2/c16-11-15(3-1-2-4-15)12-19-14(20)9-13(10-17-19)18-5-7-21-8-6-18/h9-10H,1-8,11-12H2. The molecule has 0 amide bonds. The number of ether oxygens (including phenoxy) is 1. The molecule has 1 aliphatic carbocycles. The van der Waals surface area contributed by atoms with Crippen LogP contribution >= 0.6 is 15.9 Å². The van der Waals surface area contributed by atoms with Gasteiger partial charge in [0.2, 0.25) is 0 Å². The van der Waals surface area contributed by atoms with Gasteiger partial charge >= 0.3 is 0 Å². The molecule has 116 valence electrons. The summed E-state index contributed by atoms with van der Waals surface area (Å²) in [6.07, 6.45) is 6.69. The van der Waals surface area contributed by atoms with E-state index in [9.17, 15) is 4.79 Å². The summed E-state index contributed by atoms with van der Waals surface area (Å²) in [6.45, 7) is 3.82. The molecule has 0 spiro atoms. The third-order valence-electron chi connectivity index (χ3n) is 4.66. The van der Waals surface area contributed by atoms with E-state index < -0.39 is 0 Å². The van der Waals surface area contributed by atoms with E-state index in [0.29, 0.717) is 0 Å². The monoisotopic (exact) mass is 355 g/mol. The third-order valence-corrected chi connectivity index (χ3v) is 5.85. The van der Waals surface area contributed by atoms with Gasteiger partial charge in [-0.05, 0) is 18.3 Å². The number of hydrogen-bond donors (Lipinski definition) is 0. The smallest absolute Gasteiger partial charge is 0.268 e. The SMILES string of the molecule is O=c1cc(N2CCOCC2)cnn1CC1(CBr)CCCC1. The molecule has 6 heteroatoms. The molecule has 0 bridgehead atoms. The quantitative estimate of drug-likeness (QED) is 0.775. The maximum atomic E-state index is 12.4. The lowest BCUT2D eigenvalue weighted by atomic mass is 9.89. The number of halogens is 1. The molecule has 2 aliphatic rings. The second-order valence-electron chi connectivity index (χ2n) is 6.15. The van der Waals surface area contributed by atoms with Gasteiger partial charge in [0.05, 0.1) is 31.6 Å². The fourth-order valence-corrected chi connectivity index (χ4v) is 4.05. The Morgan fingerprint density at radius 1 is 1.29 bits per heavy atom. The van der Waals surface area contributed by atoms with Crippen molar-refractivity contribution in [3.05, 3.63) is 22.6 Å². The molecule has 2 fully saturated rings. The second-order valence-corrected chi connectivity index (χ2v) is 6.71. The summed E-state index contributed by atoms with van der Waals surface area (Å²) < 4.78 is 6.98. The first-order valence-corrected chi connectivity index (χ1v) is 8.80. The largest absolute Gasteiger partial charge is 0.378 e. The van der Waals surface area contributed by atoms with E-state index in [-0.39, 0.29) is 11.0 Å². The molecule has 2 heterocycles. The number of anilines is 1. The van der Waals surface area contributed by atoms with Crippen LogP contribution < -0.4 is 10.5 Å². The van der Waals surface area contributed by atoms with Gasteiger partial charge < -0.3 is 9.64 Å². The minimum Gasteiger partial charge on any atom is -0.378 e. The average Bonchev–Trinajstić information content (AvgIpc) is 2.99. The summed E-state index contributed by atoms with van der Waals surface area (Å²) in [5.41, 5.74) is 1.13. The first-order valence-electron chi connectivity index (χ1n) is 7.68. The molecule has 0 unspecified atom stereocenters. The normalized spacial score (nSPS) is 21.7. The Labute approximate surface area is 133 Å². The van der Waals surface area contributed by atoms with Crippen molar-refractivity contribution in [2.75, 3.05) is 36.5 Å². The van der Waals surface area contributed by atoms with Crippen molar-refractivity contribution >= 4 is 21.6 Å². The van der Waals surface area contributed by atoms with E-state index >= 15 is 0 Å². The summed E-state index contributed by atoms with van der Waals surface area (Å²) in [6, 6.07) is 1.72. The van der Waals surface area contributed by atoms with Crippen LogP contribution in [0, 0.1) is 5.41 Å². The van der Waals surface area contributed by atoms with Gasteiger partial charge in [-0.1, -0.05) is 28.8 Å². The number of aromatic nitrogens is 2. The zero-order valence-electron chi connectivity index (χ0n) is 12.3. The highest BCUT2D eigenvalue weighted by atomic mass is 79.9. The van der Waals surface area contributed by atoms with Gasteiger partial charge in [-0.3, -0.25) is 4.79 Å². The Morgan fingerprint density at radius 2 is 2.00 bits per heavy atom. The summed E-state index contributed by atoms with van der Waals surface area (Å²) in [4.78, 5) is 14.5. The number of morpholine rings is 1. The summed E-state index contributed by atoms with van der Waals surface area (Å²) in [5.74, 6) is 0. The van der Waals surface area contributed by atoms with Crippen LogP contribution in [0.1, 0.15) is 25.7 Å². The molecule has 5 nitrogen and oxygen atoms in total. The summed E-state index contributed by atoms with van der Waals surface area (Å²) in [7, 11) is 0. The molecule has 0 atom stereocenters. The molecule has 0 N–H and O–H groups in total. The van der Waals surface area contributed by atoms with Crippen LogP contribution in [0.4, 0.5) is 5.69 Å². The molecule has 21 heavy (non-hydrogen) atoms. The van der Waals surface area contributed by atoms with Gasteiger partial charge in [0.25, 0.3) is 5.56 Å². The lowest BCUT2D eigenvalue weighted by Gasteiger charge is -2.29. The first-order chi connectivity index (χ1) is 10.2. The second kappa shape index (κ2) is 6.48. The van der Waals surface area contributed by atoms with Crippen molar-refractivity contribution in [3.8, 4) is 0 Å². The van der Waals surface area contributed by atoms with E-state index in [1.165, 1.54) is 25.7 Å². The van der Waals surface area contributed by atoms with Crippen molar-refractivity contribution < 1.29 is 4.74 Å². The Hall–Kier alpha value is -0.880. The van der Waals surface area contributed by atoms with Gasteiger partial charge in [-0.15, -0.1) is 0 Å². The van der Waals surface area contributed by atoms with E-state index in [0.717, 1.165) is 43.9 Å². The van der Waals surface area contributed by atoms with Gasteiger partial charge in [0.1, 0.15) is 0 Å². The molecule has 0 radical (unpaired) electrons. The number of rotatable bonds is 4. The van der Waals surface area contributed by atoms with Crippen LogP contribution in [0.15, 0.2) is 17.1 Å². The van der Waals surface area contributed by atoms with E-state index in [2.05, 4.69) is 25.9 Å². The summed E-state index contributed by atoms with van der Waals surface area (Å²) >= 11 is 3.63. The average molecular weight is 356 g/mol. The minimum atomic E-state index is 0.00576. The molecule has 1 aromatic rings. The molecule has 1 saturated heterocycles. The maximum Gasteiger partial charge on any atom is 0.268 e. The zero-order chi connectivity index (χ0) is 14.7. The minimum absolute atomic E-state index is 0.00576. The van der Waals surface area contributed by atoms with Crippen LogP contribution in [-0.2, 0) is 11.3 Å². The Bertz CT molecular complexity index is 534. The molecule has 3 rings (SSSR count). The van der Waals surface area contributed by atoms with Gasteiger partial charge in [-0.2, -0.15) is 5.10 Å². The zero-order valence-corrected chi connectivity index (χ0v) is 13.8. The van der Waals surface area contributed by atoms with E-state index in [1.54, 1.807) is 10.7 Å². The molecule has 1 aliphatic heterocycles. The van der Waals surface area contributed by atoms with Crippen molar-refractivity contribution in [2.45, 2.75) is 32.2 Å². The Morgan fingerprint density at radius 3 is 2.62 bits per heavy atom. The highest BCUT2D eigenvalue weighted by Crippen LogP contribution is 2.40. The van der Waals surface area contributed by atoms with Crippen LogP contribution in [0.3, 0.4) is 0 Å². The van der Waals surface area contributed by atoms with Crippen molar-refractivity contribution in [1.82, 2.24) is 9.78 Å². The number of hydrogen-bond acceptors (Lipinski definition) is 4. The Balaban J connectivity index is 1.76. The fraction of sp³-hybridized carbons (Fsp3) is 0.733. The molecule has 0 aromatic carbocycles. The van der Waals surface area contributed by atoms with Crippen LogP contribution in [-0.4, -0.2) is 41.4 Å². The molecular formula is C15H22BrN3O2. The third kappa shape index (κ3) is 3.31. The highest BCUT2D eigenvalue weighted by Gasteiger charge is 2.33. The molecule has 1 aromatic heterocycles. The summed E-state index contributed by atoms with van der Waals surface area (Å²) in [5, 5.41) is 5.35. The topological polar surface area (TPSA) is 47.4 Å². The molecule has 1 saturated carbocycles. The fourth-order valence-electron chi connectivity index (χ4n) is 3.31. The van der Waals surface area contributed by atoms with Gasteiger partial charge in [0.15, 0.2) is 0 Å². The van der Waals surface area contributed by atoms with Gasteiger partial charge in [0, 0.05) is 24.5 Å². The van der Waals surface area contributed by atoms with Gasteiger partial charge in [-0.25, -0.2) is 4.68 Å². The highest BCUT2D eigenvalue weighted by molar-refractivity contribution is 9.09. The van der Waals surface area contributed by atoms with Crippen molar-refractivity contribution in [3.63, 3.8) is 0 Å². The van der Waals surface area contributed by atoms with Crippen molar-refractivity contribution in [1.29, 1.82) is 0 Å². The predicted molar refractivity (Wildman–Crippen MR) is 86.2 cm³/mol. The first kappa shape index (κ1) is 15.0. The maximum absolute atomic E-state index is 12.4. The Kier molecular flexibility index (Phi) is 4.64. The van der Waals surface area contributed by atoms with Crippen LogP contribution in [0.2, 0.25) is 0 Å². The van der Waals surface area contributed by atoms with E-state index in [1.807, 2.05) is 6.20 Å². The lowest BCUT2D eigenvalue weighted by molar-refractivity contribution is 0.122. The predicted octanol–water partition coefficient (Wildman–Crippen LogP) is 2.04. The van der Waals surface area contributed by atoms with Crippen LogP contribution in [0.5, 0.6) is 0 Å².